The van der Waals surface area contributed by atoms with Gasteiger partial charge >= 0.3 is 0 Å². The molecular formula is C28H35N3O3. The number of nitrogens with zero attached hydrogens (tertiary/aromatic N) is 3. The van der Waals surface area contributed by atoms with Crippen molar-refractivity contribution >= 4 is 11.8 Å². The second-order valence-electron chi connectivity index (χ2n) is 8.54. The lowest BCUT2D eigenvalue weighted by Crippen LogP contribution is -2.43. The number of benzene rings is 2. The number of hydrogen-bond acceptors (Lipinski definition) is 3. The average Bonchev–Trinajstić information content (AvgIpc) is 3.26. The summed E-state index contributed by atoms with van der Waals surface area (Å²) in [6.45, 7) is 3.72. The fraction of sp³-hybridized carbons (Fsp3) is 0.357. The number of unbranched alkanes of at least 4 members (excludes halogenated alkanes) is 1. The van der Waals surface area contributed by atoms with Gasteiger partial charge < -0.3 is 19.1 Å². The molecule has 0 aliphatic carbocycles. The van der Waals surface area contributed by atoms with Crippen LogP contribution in [0.25, 0.3) is 0 Å². The van der Waals surface area contributed by atoms with Crippen LogP contribution in [0.5, 0.6) is 5.75 Å². The van der Waals surface area contributed by atoms with E-state index in [1.165, 1.54) is 0 Å². The van der Waals surface area contributed by atoms with Gasteiger partial charge in [-0.25, -0.2) is 0 Å². The molecule has 3 rings (SSSR count). The molecule has 6 heteroatoms. The summed E-state index contributed by atoms with van der Waals surface area (Å²) in [7, 11) is 3.60. The van der Waals surface area contributed by atoms with Gasteiger partial charge in [-0.05, 0) is 41.8 Å². The number of carbonyl (C=O) groups is 2. The van der Waals surface area contributed by atoms with E-state index in [9.17, 15) is 9.59 Å². The van der Waals surface area contributed by atoms with Crippen LogP contribution >= 0.6 is 0 Å². The number of carbonyl (C=O) groups excluding carboxylic acids is 2. The Balaban J connectivity index is 1.74. The highest BCUT2D eigenvalue weighted by molar-refractivity contribution is 5.86. The van der Waals surface area contributed by atoms with Crippen LogP contribution in [0, 0.1) is 0 Å². The summed E-state index contributed by atoms with van der Waals surface area (Å²) < 4.78 is 7.23. The molecule has 3 aromatic rings. The molecule has 0 bridgehead atoms. The van der Waals surface area contributed by atoms with Gasteiger partial charge in [0.2, 0.25) is 11.8 Å². The van der Waals surface area contributed by atoms with Gasteiger partial charge in [-0.3, -0.25) is 9.59 Å². The summed E-state index contributed by atoms with van der Waals surface area (Å²) in [5.41, 5.74) is 3.02. The van der Waals surface area contributed by atoms with Gasteiger partial charge in [-0.1, -0.05) is 55.8 Å². The maximum absolute atomic E-state index is 13.5. The van der Waals surface area contributed by atoms with Crippen molar-refractivity contribution in [1.82, 2.24) is 14.4 Å². The number of aryl methyl sites for hydroxylation is 1. The number of rotatable bonds is 12. The third-order valence-corrected chi connectivity index (χ3v) is 5.95. The third-order valence-electron chi connectivity index (χ3n) is 5.95. The van der Waals surface area contributed by atoms with Crippen LogP contribution in [0.3, 0.4) is 0 Å². The smallest absolute Gasteiger partial charge is 0.242 e. The van der Waals surface area contributed by atoms with Crippen LogP contribution < -0.4 is 4.74 Å². The highest BCUT2D eigenvalue weighted by Crippen LogP contribution is 2.15. The summed E-state index contributed by atoms with van der Waals surface area (Å²) in [6, 6.07) is 21.5. The monoisotopic (exact) mass is 461 g/mol. The summed E-state index contributed by atoms with van der Waals surface area (Å²) in [4.78, 5) is 30.2. The van der Waals surface area contributed by atoms with Gasteiger partial charge in [0, 0.05) is 32.0 Å². The minimum Gasteiger partial charge on any atom is -0.497 e. The van der Waals surface area contributed by atoms with E-state index in [4.69, 9.17) is 4.74 Å². The number of hydrogen-bond donors (Lipinski definition) is 0. The Morgan fingerprint density at radius 2 is 1.59 bits per heavy atom. The molecule has 0 fully saturated rings. The zero-order valence-electron chi connectivity index (χ0n) is 20.4. The van der Waals surface area contributed by atoms with Crippen molar-refractivity contribution in [2.24, 2.45) is 7.05 Å². The van der Waals surface area contributed by atoms with Crippen molar-refractivity contribution < 1.29 is 14.3 Å². The van der Waals surface area contributed by atoms with E-state index in [0.717, 1.165) is 35.4 Å². The predicted octanol–water partition coefficient (Wildman–Crippen LogP) is 4.43. The van der Waals surface area contributed by atoms with Gasteiger partial charge in [-0.2, -0.15) is 0 Å². The van der Waals surface area contributed by atoms with E-state index >= 15 is 0 Å². The molecule has 180 valence electrons. The largest absolute Gasteiger partial charge is 0.497 e. The van der Waals surface area contributed by atoms with Crippen LogP contribution in [0.1, 0.15) is 36.6 Å². The van der Waals surface area contributed by atoms with Gasteiger partial charge in [0.15, 0.2) is 0 Å². The standard InChI is InChI=1S/C28H35N3O3/c1-4-5-18-30(27(32)19-23-13-15-26(34-3)16-14-23)22-28(33)31(20-24-10-7-6-8-11-24)21-25-12-9-17-29(25)2/h6-17H,4-5,18-22H2,1-3H3. The molecule has 0 saturated carbocycles. The number of methoxy groups -OCH3 is 1. The van der Waals surface area contributed by atoms with Crippen LogP contribution in [0.4, 0.5) is 0 Å². The topological polar surface area (TPSA) is 54.8 Å². The van der Waals surface area contributed by atoms with E-state index in [0.29, 0.717) is 19.6 Å². The fourth-order valence-corrected chi connectivity index (χ4v) is 3.83. The number of aromatic nitrogens is 1. The first-order chi connectivity index (χ1) is 16.5. The number of amides is 2. The van der Waals surface area contributed by atoms with E-state index in [1.807, 2.05) is 89.4 Å². The zero-order valence-corrected chi connectivity index (χ0v) is 20.4. The molecule has 0 atom stereocenters. The quantitative estimate of drug-likeness (QED) is 0.401. The molecule has 0 aliphatic rings. The zero-order chi connectivity index (χ0) is 24.3. The van der Waals surface area contributed by atoms with Crippen molar-refractivity contribution in [3.05, 3.63) is 89.7 Å². The minimum atomic E-state index is -0.0516. The van der Waals surface area contributed by atoms with Crippen LogP contribution in [-0.4, -0.2) is 46.4 Å². The maximum atomic E-state index is 13.5. The Bertz CT molecular complexity index is 1040. The molecule has 2 aromatic carbocycles. The first-order valence-electron chi connectivity index (χ1n) is 11.8. The Labute approximate surface area is 202 Å². The minimum absolute atomic E-state index is 0.0366. The lowest BCUT2D eigenvalue weighted by atomic mass is 10.1. The van der Waals surface area contributed by atoms with Gasteiger partial charge in [-0.15, -0.1) is 0 Å². The van der Waals surface area contributed by atoms with Gasteiger partial charge in [0.1, 0.15) is 5.75 Å². The Hall–Kier alpha value is -3.54. The third kappa shape index (κ3) is 7.24. The van der Waals surface area contributed by atoms with Crippen molar-refractivity contribution in [3.8, 4) is 5.75 Å². The van der Waals surface area contributed by atoms with Gasteiger partial charge in [0.05, 0.1) is 26.6 Å². The van der Waals surface area contributed by atoms with Crippen molar-refractivity contribution in [3.63, 3.8) is 0 Å². The Kier molecular flexibility index (Phi) is 9.32. The van der Waals surface area contributed by atoms with Crippen molar-refractivity contribution in [2.45, 2.75) is 39.3 Å². The molecule has 2 amide bonds. The molecule has 0 saturated heterocycles. The molecule has 0 radical (unpaired) electrons. The van der Waals surface area contributed by atoms with Crippen molar-refractivity contribution in [2.75, 3.05) is 20.2 Å². The summed E-state index contributed by atoms with van der Waals surface area (Å²) in [5, 5.41) is 0. The van der Waals surface area contributed by atoms with E-state index in [1.54, 1.807) is 12.0 Å². The molecular weight excluding hydrogens is 426 g/mol. The molecule has 34 heavy (non-hydrogen) atoms. The molecule has 1 aromatic heterocycles. The predicted molar refractivity (Wildman–Crippen MR) is 134 cm³/mol. The van der Waals surface area contributed by atoms with E-state index in [-0.39, 0.29) is 24.8 Å². The summed E-state index contributed by atoms with van der Waals surface area (Å²) in [5.74, 6) is 0.668. The van der Waals surface area contributed by atoms with Crippen LogP contribution in [0.2, 0.25) is 0 Å². The first kappa shape index (κ1) is 25.1. The van der Waals surface area contributed by atoms with Crippen LogP contribution in [0.15, 0.2) is 72.9 Å². The lowest BCUT2D eigenvalue weighted by molar-refractivity contribution is -0.141. The molecule has 0 aliphatic heterocycles. The highest BCUT2D eigenvalue weighted by Gasteiger charge is 2.22. The Morgan fingerprint density at radius 3 is 2.21 bits per heavy atom. The SMILES string of the molecule is CCCCN(CC(=O)N(Cc1ccccc1)Cc1cccn1C)C(=O)Cc1ccc(OC)cc1. The van der Waals surface area contributed by atoms with Gasteiger partial charge in [0.25, 0.3) is 0 Å². The normalized spacial score (nSPS) is 10.7. The second kappa shape index (κ2) is 12.6. The summed E-state index contributed by atoms with van der Waals surface area (Å²) >= 11 is 0. The Morgan fingerprint density at radius 1 is 0.853 bits per heavy atom. The first-order valence-corrected chi connectivity index (χ1v) is 11.8. The maximum Gasteiger partial charge on any atom is 0.242 e. The molecule has 0 unspecified atom stereocenters. The van der Waals surface area contributed by atoms with Crippen molar-refractivity contribution in [1.29, 1.82) is 0 Å². The van der Waals surface area contributed by atoms with E-state index in [2.05, 4.69) is 6.92 Å². The molecule has 0 N–H and O–H groups in total. The van der Waals surface area contributed by atoms with E-state index < -0.39 is 0 Å². The average molecular weight is 462 g/mol. The number of ether oxygens (including phenoxy) is 1. The second-order valence-corrected chi connectivity index (χ2v) is 8.54. The lowest BCUT2D eigenvalue weighted by Gasteiger charge is -2.28. The molecule has 6 nitrogen and oxygen atoms in total. The highest BCUT2D eigenvalue weighted by atomic mass is 16.5. The summed E-state index contributed by atoms with van der Waals surface area (Å²) in [6.07, 6.45) is 4.06. The molecule has 1 heterocycles. The fourth-order valence-electron chi connectivity index (χ4n) is 3.83. The molecule has 0 spiro atoms. The van der Waals surface area contributed by atoms with Crippen LogP contribution in [-0.2, 0) is 36.1 Å².